The molecule has 0 heteroatoms. The van der Waals surface area contributed by atoms with Crippen LogP contribution in [0.3, 0.4) is 0 Å². The molecule has 0 N–H and O–H groups in total. The summed E-state index contributed by atoms with van der Waals surface area (Å²) in [6.45, 7) is 9.82. The highest BCUT2D eigenvalue weighted by Crippen LogP contribution is 2.69. The molecule has 0 aromatic heterocycles. The Morgan fingerprint density at radius 2 is 0.864 bits per heavy atom. The van der Waals surface area contributed by atoms with Gasteiger partial charge in [0.05, 0.1) is 0 Å². The molecule has 0 spiro atoms. The quantitative estimate of drug-likeness (QED) is 0.522. The second kappa shape index (κ2) is 5.12. The van der Waals surface area contributed by atoms with Crippen molar-refractivity contribution < 1.29 is 0 Å². The molecule has 0 nitrogen and oxygen atoms in total. The first kappa shape index (κ1) is 15.3. The molecule has 5 aliphatic rings. The molecule has 0 aromatic carbocycles. The monoisotopic (exact) mass is 300 g/mol. The van der Waals surface area contributed by atoms with Gasteiger partial charge in [-0.1, -0.05) is 65.5 Å². The molecule has 124 valence electrons. The highest BCUT2D eigenvalue weighted by atomic mass is 14.7. The Morgan fingerprint density at radius 3 is 1.09 bits per heavy atom. The van der Waals surface area contributed by atoms with E-state index in [0.29, 0.717) is 10.8 Å². The van der Waals surface area contributed by atoms with Crippen LogP contribution < -0.4 is 0 Å². The van der Waals surface area contributed by atoms with Crippen molar-refractivity contribution in [3.63, 3.8) is 0 Å². The van der Waals surface area contributed by atoms with Crippen LogP contribution in [0.15, 0.2) is 12.2 Å². The summed E-state index contributed by atoms with van der Waals surface area (Å²) in [5.41, 5.74) is 1.40. The third kappa shape index (κ3) is 1.88. The van der Waals surface area contributed by atoms with E-state index in [2.05, 4.69) is 39.8 Å². The average Bonchev–Trinajstić information content (AvgIpc) is 3.16. The standard InChI is InChI=1S/C22H36/c1-5-21(6-2)11-17-15-9-10-16(18(17)12-21)20-14-22(7-3,8-4)13-19(15)20/h9-10,15-20H,5-8,11-14H2,1-4H3. The first-order chi connectivity index (χ1) is 10.6. The molecule has 5 aliphatic carbocycles. The SMILES string of the molecule is CCC1(CC)CC2C3C=CC(C2C1)C1CC(CC)(CC)CC31. The van der Waals surface area contributed by atoms with Crippen molar-refractivity contribution in [3.8, 4) is 0 Å². The van der Waals surface area contributed by atoms with Gasteiger partial charge in [-0.2, -0.15) is 0 Å². The fourth-order valence-electron chi connectivity index (χ4n) is 7.58. The first-order valence-corrected chi connectivity index (χ1v) is 10.3. The van der Waals surface area contributed by atoms with Crippen LogP contribution in [-0.2, 0) is 0 Å². The Bertz CT molecular complexity index is 381. The largest absolute Gasteiger partial charge is 0.0845 e. The second-order valence-corrected chi connectivity index (χ2v) is 9.43. The summed E-state index contributed by atoms with van der Waals surface area (Å²) in [6, 6.07) is 0. The summed E-state index contributed by atoms with van der Waals surface area (Å²) >= 11 is 0. The predicted molar refractivity (Wildman–Crippen MR) is 94.6 cm³/mol. The molecule has 5 rings (SSSR count). The average molecular weight is 301 g/mol. The lowest BCUT2D eigenvalue weighted by atomic mass is 9.55. The minimum Gasteiger partial charge on any atom is -0.0845 e. The maximum atomic E-state index is 2.69. The molecule has 22 heavy (non-hydrogen) atoms. The molecular weight excluding hydrogens is 264 g/mol. The van der Waals surface area contributed by atoms with Crippen molar-refractivity contribution in [2.75, 3.05) is 0 Å². The normalized spacial score (nSPS) is 46.7. The Kier molecular flexibility index (Phi) is 3.55. The van der Waals surface area contributed by atoms with Gasteiger partial charge in [0.1, 0.15) is 0 Å². The lowest BCUT2D eigenvalue weighted by Crippen LogP contribution is -2.44. The molecule has 0 aliphatic heterocycles. The van der Waals surface area contributed by atoms with Crippen LogP contribution in [0, 0.1) is 46.3 Å². The molecule has 0 saturated heterocycles. The fraction of sp³-hybridized carbons (Fsp3) is 0.909. The Hall–Kier alpha value is -0.260. The second-order valence-electron chi connectivity index (χ2n) is 9.43. The highest BCUT2D eigenvalue weighted by molar-refractivity contribution is 5.21. The fourth-order valence-corrected chi connectivity index (χ4v) is 7.58. The van der Waals surface area contributed by atoms with Gasteiger partial charge in [0.2, 0.25) is 0 Å². The van der Waals surface area contributed by atoms with E-state index < -0.39 is 0 Å². The molecule has 0 heterocycles. The minimum absolute atomic E-state index is 0.698. The van der Waals surface area contributed by atoms with Crippen LogP contribution in [-0.4, -0.2) is 0 Å². The van der Waals surface area contributed by atoms with Gasteiger partial charge in [0.25, 0.3) is 0 Å². The van der Waals surface area contributed by atoms with Gasteiger partial charge >= 0.3 is 0 Å². The first-order valence-electron chi connectivity index (χ1n) is 10.3. The van der Waals surface area contributed by atoms with Crippen LogP contribution >= 0.6 is 0 Å². The number of rotatable bonds is 4. The van der Waals surface area contributed by atoms with Gasteiger partial charge < -0.3 is 0 Å². The Labute approximate surface area is 138 Å². The van der Waals surface area contributed by atoms with E-state index in [1.165, 1.54) is 25.7 Å². The van der Waals surface area contributed by atoms with Crippen molar-refractivity contribution >= 4 is 0 Å². The minimum atomic E-state index is 0.698. The zero-order chi connectivity index (χ0) is 15.5. The summed E-state index contributed by atoms with van der Waals surface area (Å²) in [5.74, 6) is 6.06. The Balaban J connectivity index is 1.63. The van der Waals surface area contributed by atoms with Gasteiger partial charge in [-0.05, 0) is 72.0 Å². The van der Waals surface area contributed by atoms with Gasteiger partial charge in [0.15, 0.2) is 0 Å². The highest BCUT2D eigenvalue weighted by Gasteiger charge is 2.61. The zero-order valence-corrected chi connectivity index (χ0v) is 15.3. The van der Waals surface area contributed by atoms with Crippen molar-refractivity contribution in [2.24, 2.45) is 46.3 Å². The third-order valence-electron chi connectivity index (χ3n) is 9.31. The molecule has 0 amide bonds. The zero-order valence-electron chi connectivity index (χ0n) is 15.3. The summed E-state index contributed by atoms with van der Waals surface area (Å²) < 4.78 is 0. The van der Waals surface area contributed by atoms with Crippen molar-refractivity contribution in [2.45, 2.75) is 79.1 Å². The lowest BCUT2D eigenvalue weighted by molar-refractivity contribution is 0.0429. The number of allylic oxidation sites excluding steroid dienone is 2. The summed E-state index contributed by atoms with van der Waals surface area (Å²) in [7, 11) is 0. The molecule has 3 fully saturated rings. The maximum absolute atomic E-state index is 2.69. The number of hydrogen-bond acceptors (Lipinski definition) is 0. The van der Waals surface area contributed by atoms with Gasteiger partial charge in [-0.15, -0.1) is 0 Å². The third-order valence-corrected chi connectivity index (χ3v) is 9.31. The van der Waals surface area contributed by atoms with Gasteiger partial charge in [-0.3, -0.25) is 0 Å². The van der Waals surface area contributed by atoms with Crippen molar-refractivity contribution in [1.29, 1.82) is 0 Å². The van der Waals surface area contributed by atoms with E-state index in [9.17, 15) is 0 Å². The van der Waals surface area contributed by atoms with E-state index in [0.717, 1.165) is 35.5 Å². The molecule has 3 saturated carbocycles. The van der Waals surface area contributed by atoms with Crippen molar-refractivity contribution in [1.82, 2.24) is 0 Å². The smallest absolute Gasteiger partial charge is 0.0171 e. The molecule has 4 atom stereocenters. The topological polar surface area (TPSA) is 0 Å². The number of hydrogen-bond donors (Lipinski definition) is 0. The molecule has 4 unspecified atom stereocenters. The van der Waals surface area contributed by atoms with E-state index in [4.69, 9.17) is 0 Å². The summed E-state index contributed by atoms with van der Waals surface area (Å²) in [6.07, 6.45) is 17.2. The van der Waals surface area contributed by atoms with Gasteiger partial charge in [0, 0.05) is 0 Å². The maximum Gasteiger partial charge on any atom is -0.0171 e. The van der Waals surface area contributed by atoms with Gasteiger partial charge in [-0.25, -0.2) is 0 Å². The molecule has 2 bridgehead atoms. The molecule has 0 radical (unpaired) electrons. The van der Waals surface area contributed by atoms with E-state index >= 15 is 0 Å². The summed E-state index contributed by atoms with van der Waals surface area (Å²) in [5, 5.41) is 0. The molecular formula is C22H36. The van der Waals surface area contributed by atoms with Crippen LogP contribution in [0.25, 0.3) is 0 Å². The lowest BCUT2D eigenvalue weighted by Gasteiger charge is -2.49. The van der Waals surface area contributed by atoms with E-state index in [1.54, 1.807) is 25.7 Å². The predicted octanol–water partition coefficient (Wildman–Crippen LogP) is 6.47. The Morgan fingerprint density at radius 1 is 0.591 bits per heavy atom. The van der Waals surface area contributed by atoms with E-state index in [-0.39, 0.29) is 0 Å². The van der Waals surface area contributed by atoms with Crippen LogP contribution in [0.5, 0.6) is 0 Å². The molecule has 0 aromatic rings. The summed E-state index contributed by atoms with van der Waals surface area (Å²) in [4.78, 5) is 0. The van der Waals surface area contributed by atoms with Crippen LogP contribution in [0.1, 0.15) is 79.1 Å². The van der Waals surface area contributed by atoms with Crippen LogP contribution in [0.4, 0.5) is 0 Å². The van der Waals surface area contributed by atoms with E-state index in [1.807, 2.05) is 0 Å². The van der Waals surface area contributed by atoms with Crippen molar-refractivity contribution in [3.05, 3.63) is 12.2 Å². The van der Waals surface area contributed by atoms with Crippen LogP contribution in [0.2, 0.25) is 0 Å².